The summed E-state index contributed by atoms with van der Waals surface area (Å²) >= 11 is 0. The maximum absolute atomic E-state index is 12.4. The number of nitrogens with zero attached hydrogens (tertiary/aromatic N) is 1. The van der Waals surface area contributed by atoms with Gasteiger partial charge in [-0.15, -0.1) is 0 Å². The molecule has 0 bridgehead atoms. The highest BCUT2D eigenvalue weighted by Crippen LogP contribution is 2.26. The van der Waals surface area contributed by atoms with E-state index in [9.17, 15) is 9.59 Å². The van der Waals surface area contributed by atoms with Gasteiger partial charge in [0.05, 0.1) is 6.42 Å². The van der Waals surface area contributed by atoms with Crippen LogP contribution in [0, 0.1) is 5.92 Å². The van der Waals surface area contributed by atoms with Crippen molar-refractivity contribution in [2.75, 3.05) is 13.1 Å². The number of hydrogen-bond donors (Lipinski definition) is 1. The summed E-state index contributed by atoms with van der Waals surface area (Å²) in [5.74, 6) is -0.338. The third-order valence-electron chi connectivity index (χ3n) is 4.25. The Hall–Kier alpha value is -1.84. The Bertz CT molecular complexity index is 478. The molecule has 1 fully saturated rings. The molecule has 0 aliphatic carbocycles. The standard InChI is InChI=1S/C17H23NO3/c1-13-7-9-18(10-8-13)16(19)11-15(12-17(20)21)14-5-3-2-4-6-14/h2-6,13,15H,7-12H2,1H3,(H,20,21). The molecular weight excluding hydrogens is 266 g/mol. The van der Waals surface area contributed by atoms with Gasteiger partial charge in [-0.2, -0.15) is 0 Å². The van der Waals surface area contributed by atoms with Gasteiger partial charge in [-0.05, 0) is 24.3 Å². The minimum absolute atomic E-state index is 0.00000386. The number of carbonyl (C=O) groups excluding carboxylic acids is 1. The topological polar surface area (TPSA) is 57.6 Å². The van der Waals surface area contributed by atoms with Crippen LogP contribution in [-0.4, -0.2) is 35.0 Å². The first-order chi connectivity index (χ1) is 10.1. The molecule has 1 heterocycles. The average molecular weight is 289 g/mol. The van der Waals surface area contributed by atoms with Gasteiger partial charge in [0, 0.05) is 25.4 Å². The van der Waals surface area contributed by atoms with E-state index < -0.39 is 5.97 Å². The maximum Gasteiger partial charge on any atom is 0.303 e. The predicted octanol–water partition coefficient (Wildman–Crippen LogP) is 2.89. The van der Waals surface area contributed by atoms with Crippen molar-refractivity contribution >= 4 is 11.9 Å². The number of carboxylic acid groups (broad SMARTS) is 1. The first kappa shape index (κ1) is 15.5. The van der Waals surface area contributed by atoms with Crippen LogP contribution >= 0.6 is 0 Å². The molecule has 0 spiro atoms. The van der Waals surface area contributed by atoms with Crippen LogP contribution < -0.4 is 0 Å². The van der Waals surface area contributed by atoms with Gasteiger partial charge in [-0.3, -0.25) is 9.59 Å². The Kier molecular flexibility index (Phi) is 5.37. The molecule has 1 amide bonds. The molecule has 4 nitrogen and oxygen atoms in total. The Morgan fingerprint density at radius 3 is 2.38 bits per heavy atom. The van der Waals surface area contributed by atoms with E-state index in [0.29, 0.717) is 5.92 Å². The lowest BCUT2D eigenvalue weighted by atomic mass is 9.91. The lowest BCUT2D eigenvalue weighted by Gasteiger charge is -2.31. The fraction of sp³-hybridized carbons (Fsp3) is 0.529. The van der Waals surface area contributed by atoms with Crippen molar-refractivity contribution in [1.29, 1.82) is 0 Å². The molecule has 0 radical (unpaired) electrons. The minimum atomic E-state index is -0.857. The highest BCUT2D eigenvalue weighted by Gasteiger charge is 2.25. The second-order valence-corrected chi connectivity index (χ2v) is 5.97. The predicted molar refractivity (Wildman–Crippen MR) is 81.0 cm³/mol. The summed E-state index contributed by atoms with van der Waals surface area (Å²) in [6.45, 7) is 3.81. The van der Waals surface area contributed by atoms with E-state index >= 15 is 0 Å². The van der Waals surface area contributed by atoms with Crippen molar-refractivity contribution in [2.45, 2.75) is 38.5 Å². The van der Waals surface area contributed by atoms with Gasteiger partial charge in [0.15, 0.2) is 0 Å². The largest absolute Gasteiger partial charge is 0.481 e. The zero-order valence-corrected chi connectivity index (χ0v) is 12.5. The van der Waals surface area contributed by atoms with Gasteiger partial charge in [0.2, 0.25) is 5.91 Å². The molecule has 21 heavy (non-hydrogen) atoms. The molecule has 1 atom stereocenters. The molecule has 0 saturated carbocycles. The first-order valence-corrected chi connectivity index (χ1v) is 7.60. The summed E-state index contributed by atoms with van der Waals surface area (Å²) in [5.41, 5.74) is 0.929. The average Bonchev–Trinajstić information content (AvgIpc) is 2.47. The number of carbonyl (C=O) groups is 2. The number of carboxylic acids is 1. The number of piperidine rings is 1. The lowest BCUT2D eigenvalue weighted by Crippen LogP contribution is -2.38. The highest BCUT2D eigenvalue weighted by molar-refractivity contribution is 5.78. The normalized spacial score (nSPS) is 17.5. The Balaban J connectivity index is 2.01. The van der Waals surface area contributed by atoms with Crippen LogP contribution in [0.2, 0.25) is 0 Å². The van der Waals surface area contributed by atoms with Crippen molar-refractivity contribution in [3.8, 4) is 0 Å². The highest BCUT2D eigenvalue weighted by atomic mass is 16.4. The van der Waals surface area contributed by atoms with Crippen LogP contribution in [0.5, 0.6) is 0 Å². The number of benzene rings is 1. The van der Waals surface area contributed by atoms with Crippen molar-refractivity contribution in [3.63, 3.8) is 0 Å². The van der Waals surface area contributed by atoms with Crippen molar-refractivity contribution < 1.29 is 14.7 Å². The lowest BCUT2D eigenvalue weighted by molar-refractivity contribution is -0.138. The van der Waals surface area contributed by atoms with Crippen molar-refractivity contribution in [1.82, 2.24) is 4.90 Å². The molecule has 1 aliphatic rings. The van der Waals surface area contributed by atoms with Crippen LogP contribution in [0.1, 0.15) is 44.1 Å². The van der Waals surface area contributed by atoms with E-state index in [1.165, 1.54) is 0 Å². The quantitative estimate of drug-likeness (QED) is 0.906. The third kappa shape index (κ3) is 4.59. The fourth-order valence-corrected chi connectivity index (χ4v) is 2.84. The molecule has 1 unspecified atom stereocenters. The number of hydrogen-bond acceptors (Lipinski definition) is 2. The first-order valence-electron chi connectivity index (χ1n) is 7.60. The number of amides is 1. The van der Waals surface area contributed by atoms with Gasteiger partial charge in [0.25, 0.3) is 0 Å². The van der Waals surface area contributed by atoms with E-state index in [2.05, 4.69) is 6.92 Å². The van der Waals surface area contributed by atoms with Crippen molar-refractivity contribution in [3.05, 3.63) is 35.9 Å². The third-order valence-corrected chi connectivity index (χ3v) is 4.25. The van der Waals surface area contributed by atoms with Crippen LogP contribution in [0.3, 0.4) is 0 Å². The van der Waals surface area contributed by atoms with Gasteiger partial charge in [0.1, 0.15) is 0 Å². The Labute approximate surface area is 125 Å². The zero-order valence-electron chi connectivity index (χ0n) is 12.5. The SMILES string of the molecule is CC1CCN(C(=O)CC(CC(=O)O)c2ccccc2)CC1. The monoisotopic (exact) mass is 289 g/mol. The van der Waals surface area contributed by atoms with Crippen LogP contribution in [0.25, 0.3) is 0 Å². The molecule has 1 saturated heterocycles. The minimum Gasteiger partial charge on any atom is -0.481 e. The molecule has 1 N–H and O–H groups in total. The number of likely N-dealkylation sites (tertiary alicyclic amines) is 1. The summed E-state index contributed by atoms with van der Waals surface area (Å²) in [4.78, 5) is 25.3. The summed E-state index contributed by atoms with van der Waals surface area (Å²) in [6, 6.07) is 9.47. The number of rotatable bonds is 5. The fourth-order valence-electron chi connectivity index (χ4n) is 2.84. The molecule has 2 rings (SSSR count). The molecular formula is C17H23NO3. The number of aliphatic carboxylic acids is 1. The van der Waals surface area contributed by atoms with Gasteiger partial charge in [-0.25, -0.2) is 0 Å². The maximum atomic E-state index is 12.4. The van der Waals surface area contributed by atoms with Crippen LogP contribution in [0.4, 0.5) is 0 Å². The van der Waals surface area contributed by atoms with E-state index in [4.69, 9.17) is 5.11 Å². The second kappa shape index (κ2) is 7.25. The second-order valence-electron chi connectivity index (χ2n) is 5.97. The summed E-state index contributed by atoms with van der Waals surface area (Å²) in [7, 11) is 0. The molecule has 1 aliphatic heterocycles. The van der Waals surface area contributed by atoms with Crippen LogP contribution in [0.15, 0.2) is 30.3 Å². The molecule has 1 aromatic rings. The van der Waals surface area contributed by atoms with E-state index in [1.807, 2.05) is 35.2 Å². The molecule has 114 valence electrons. The Morgan fingerprint density at radius 1 is 1.19 bits per heavy atom. The smallest absolute Gasteiger partial charge is 0.303 e. The van der Waals surface area contributed by atoms with E-state index in [-0.39, 0.29) is 24.7 Å². The zero-order chi connectivity index (χ0) is 15.2. The van der Waals surface area contributed by atoms with Crippen molar-refractivity contribution in [2.24, 2.45) is 5.92 Å². The molecule has 4 heteroatoms. The van der Waals surface area contributed by atoms with Gasteiger partial charge in [-0.1, -0.05) is 37.3 Å². The van der Waals surface area contributed by atoms with Crippen LogP contribution in [-0.2, 0) is 9.59 Å². The van der Waals surface area contributed by atoms with Gasteiger partial charge >= 0.3 is 5.97 Å². The van der Waals surface area contributed by atoms with E-state index in [1.54, 1.807) is 0 Å². The summed E-state index contributed by atoms with van der Waals surface area (Å²) < 4.78 is 0. The molecule has 0 aromatic heterocycles. The van der Waals surface area contributed by atoms with Gasteiger partial charge < -0.3 is 10.0 Å². The summed E-state index contributed by atoms with van der Waals surface area (Å²) in [6.07, 6.45) is 2.37. The molecule has 1 aromatic carbocycles. The summed E-state index contributed by atoms with van der Waals surface area (Å²) in [5, 5.41) is 9.08. The Morgan fingerprint density at radius 2 is 1.81 bits per heavy atom. The van der Waals surface area contributed by atoms with E-state index in [0.717, 1.165) is 31.5 Å².